The van der Waals surface area contributed by atoms with E-state index in [0.717, 1.165) is 19.3 Å². The molecule has 0 aliphatic heterocycles. The number of aliphatic hydroxyl groups excluding tert-OH is 1. The van der Waals surface area contributed by atoms with Crippen LogP contribution in [0.5, 0.6) is 0 Å². The molecule has 100 valence electrons. The molecule has 3 aliphatic carbocycles. The first-order valence-electron chi connectivity index (χ1n) is 6.94. The molecule has 0 aromatic rings. The summed E-state index contributed by atoms with van der Waals surface area (Å²) in [4.78, 5) is 11.4. The molecular weight excluding hydrogens is 228 g/mol. The topological polar surface area (TPSA) is 57.5 Å². The number of aliphatic hydroxyl groups is 1. The van der Waals surface area contributed by atoms with Crippen LogP contribution in [0, 0.1) is 28.6 Å². The van der Waals surface area contributed by atoms with Crippen molar-refractivity contribution in [2.24, 2.45) is 28.6 Å². The molecule has 3 nitrogen and oxygen atoms in total. The highest BCUT2D eigenvalue weighted by molar-refractivity contribution is 5.88. The van der Waals surface area contributed by atoms with Gasteiger partial charge in [-0.3, -0.25) is 0 Å². The Morgan fingerprint density at radius 1 is 1.39 bits per heavy atom. The van der Waals surface area contributed by atoms with Gasteiger partial charge in [0.05, 0.1) is 6.10 Å². The zero-order valence-corrected chi connectivity index (χ0v) is 11.3. The minimum Gasteiger partial charge on any atom is -0.478 e. The Bertz CT molecular complexity index is 437. The van der Waals surface area contributed by atoms with Gasteiger partial charge in [0.2, 0.25) is 0 Å². The average Bonchev–Trinajstić information content (AvgIpc) is 2.79. The molecule has 0 amide bonds. The van der Waals surface area contributed by atoms with E-state index in [1.807, 2.05) is 6.08 Å². The quantitative estimate of drug-likeness (QED) is 0.751. The van der Waals surface area contributed by atoms with Crippen molar-refractivity contribution in [2.75, 3.05) is 0 Å². The summed E-state index contributed by atoms with van der Waals surface area (Å²) in [5.41, 5.74) is 0.484. The molecule has 18 heavy (non-hydrogen) atoms. The van der Waals surface area contributed by atoms with Gasteiger partial charge in [0.25, 0.3) is 0 Å². The first-order chi connectivity index (χ1) is 8.30. The van der Waals surface area contributed by atoms with Crippen LogP contribution >= 0.6 is 0 Å². The van der Waals surface area contributed by atoms with Crippen LogP contribution in [0.3, 0.4) is 0 Å². The standard InChI is InChI=1S/C15H22O3/c1-8-4-5-10-9(13(17)18)6-11-12(16)14(2,3)7-15(8,10)11/h6,8,10-12,16H,4-5,7H2,1-3H3,(H,17,18)/t8-,10-,11-,12+,15+/m1/s1. The lowest BCUT2D eigenvalue weighted by molar-refractivity contribution is -0.133. The van der Waals surface area contributed by atoms with Gasteiger partial charge in [0.15, 0.2) is 0 Å². The summed E-state index contributed by atoms with van der Waals surface area (Å²) in [5.74, 6) is -0.0718. The van der Waals surface area contributed by atoms with Crippen LogP contribution in [0.15, 0.2) is 11.6 Å². The van der Waals surface area contributed by atoms with Crippen molar-refractivity contribution in [1.29, 1.82) is 0 Å². The Morgan fingerprint density at radius 2 is 2.06 bits per heavy atom. The Balaban J connectivity index is 2.11. The summed E-state index contributed by atoms with van der Waals surface area (Å²) in [6, 6.07) is 0. The molecule has 0 bridgehead atoms. The maximum Gasteiger partial charge on any atom is 0.331 e. The molecule has 2 fully saturated rings. The molecule has 3 aliphatic rings. The molecule has 1 spiro atoms. The molecule has 0 radical (unpaired) electrons. The third kappa shape index (κ3) is 1.21. The Morgan fingerprint density at radius 3 is 2.67 bits per heavy atom. The summed E-state index contributed by atoms with van der Waals surface area (Å²) in [6.45, 7) is 6.46. The lowest BCUT2D eigenvalue weighted by Crippen LogP contribution is -2.33. The van der Waals surface area contributed by atoms with Gasteiger partial charge in [-0.1, -0.05) is 26.8 Å². The second-order valence-electron chi connectivity index (χ2n) is 7.21. The van der Waals surface area contributed by atoms with Gasteiger partial charge < -0.3 is 10.2 Å². The van der Waals surface area contributed by atoms with Crippen LogP contribution in [-0.4, -0.2) is 22.3 Å². The molecule has 0 unspecified atom stereocenters. The van der Waals surface area contributed by atoms with E-state index in [-0.39, 0.29) is 22.7 Å². The van der Waals surface area contributed by atoms with E-state index < -0.39 is 12.1 Å². The minimum absolute atomic E-state index is 0.0106. The van der Waals surface area contributed by atoms with Crippen LogP contribution in [0.1, 0.15) is 40.0 Å². The summed E-state index contributed by atoms with van der Waals surface area (Å²) >= 11 is 0. The van der Waals surface area contributed by atoms with Crippen LogP contribution in [0.4, 0.5) is 0 Å². The van der Waals surface area contributed by atoms with Gasteiger partial charge in [-0.05, 0) is 41.9 Å². The highest BCUT2D eigenvalue weighted by Crippen LogP contribution is 2.70. The van der Waals surface area contributed by atoms with E-state index in [9.17, 15) is 15.0 Å². The fourth-order valence-electron chi connectivity index (χ4n) is 5.17. The van der Waals surface area contributed by atoms with Gasteiger partial charge in [0, 0.05) is 11.5 Å². The van der Waals surface area contributed by atoms with Gasteiger partial charge in [-0.25, -0.2) is 4.79 Å². The highest BCUT2D eigenvalue weighted by Gasteiger charge is 2.67. The molecule has 5 atom stereocenters. The molecule has 2 N–H and O–H groups in total. The van der Waals surface area contributed by atoms with Gasteiger partial charge in [-0.2, -0.15) is 0 Å². The second kappa shape index (κ2) is 3.38. The number of aliphatic carboxylic acids is 1. The summed E-state index contributed by atoms with van der Waals surface area (Å²) in [7, 11) is 0. The van der Waals surface area contributed by atoms with Crippen molar-refractivity contribution >= 4 is 5.97 Å². The minimum atomic E-state index is -0.784. The number of carbonyl (C=O) groups is 1. The van der Waals surface area contributed by atoms with E-state index in [0.29, 0.717) is 11.5 Å². The summed E-state index contributed by atoms with van der Waals surface area (Å²) in [6.07, 6.45) is 4.48. The molecule has 3 rings (SSSR count). The number of hydrogen-bond acceptors (Lipinski definition) is 2. The van der Waals surface area contributed by atoms with Crippen molar-refractivity contribution < 1.29 is 15.0 Å². The zero-order chi connectivity index (χ0) is 13.3. The van der Waals surface area contributed by atoms with Gasteiger partial charge >= 0.3 is 5.97 Å². The van der Waals surface area contributed by atoms with Crippen LogP contribution in [0.25, 0.3) is 0 Å². The summed E-state index contributed by atoms with van der Waals surface area (Å²) in [5, 5.41) is 19.9. The Kier molecular flexibility index (Phi) is 2.30. The SMILES string of the molecule is C[C@@H]1CC[C@@H]2C(C(=O)O)=C[C@@H]3[C@H](O)C(C)(C)C[C@]123. The van der Waals surface area contributed by atoms with Crippen LogP contribution in [-0.2, 0) is 4.79 Å². The van der Waals surface area contributed by atoms with E-state index in [1.54, 1.807) is 0 Å². The average molecular weight is 250 g/mol. The van der Waals surface area contributed by atoms with Crippen molar-refractivity contribution in [3.63, 3.8) is 0 Å². The molecule has 0 heterocycles. The molecule has 0 saturated heterocycles. The fourth-order valence-corrected chi connectivity index (χ4v) is 5.17. The molecular formula is C15H22O3. The van der Waals surface area contributed by atoms with Gasteiger partial charge in [0.1, 0.15) is 0 Å². The molecule has 0 aromatic carbocycles. The molecule has 3 heteroatoms. The predicted octanol–water partition coefficient (Wildman–Crippen LogP) is 2.45. The largest absolute Gasteiger partial charge is 0.478 e. The first kappa shape index (κ1) is 12.2. The monoisotopic (exact) mass is 250 g/mol. The molecule has 0 aromatic heterocycles. The first-order valence-corrected chi connectivity index (χ1v) is 6.94. The second-order valence-corrected chi connectivity index (χ2v) is 7.21. The Hall–Kier alpha value is -0.830. The summed E-state index contributed by atoms with van der Waals surface area (Å²) < 4.78 is 0. The van der Waals surface area contributed by atoms with Gasteiger partial charge in [-0.15, -0.1) is 0 Å². The van der Waals surface area contributed by atoms with Crippen molar-refractivity contribution in [1.82, 2.24) is 0 Å². The highest BCUT2D eigenvalue weighted by atomic mass is 16.4. The number of carboxylic acids is 1. The predicted molar refractivity (Wildman–Crippen MR) is 67.9 cm³/mol. The fraction of sp³-hybridized carbons (Fsp3) is 0.800. The lowest BCUT2D eigenvalue weighted by Gasteiger charge is -2.36. The zero-order valence-electron chi connectivity index (χ0n) is 11.3. The van der Waals surface area contributed by atoms with Crippen molar-refractivity contribution in [2.45, 2.75) is 46.1 Å². The van der Waals surface area contributed by atoms with E-state index >= 15 is 0 Å². The van der Waals surface area contributed by atoms with Crippen LogP contribution < -0.4 is 0 Å². The maximum absolute atomic E-state index is 11.4. The number of rotatable bonds is 1. The van der Waals surface area contributed by atoms with Crippen molar-refractivity contribution in [3.8, 4) is 0 Å². The van der Waals surface area contributed by atoms with E-state index in [4.69, 9.17) is 0 Å². The number of hydrogen-bond donors (Lipinski definition) is 2. The molecule has 2 saturated carbocycles. The third-order valence-corrected chi connectivity index (χ3v) is 5.96. The van der Waals surface area contributed by atoms with Crippen LogP contribution in [0.2, 0.25) is 0 Å². The smallest absolute Gasteiger partial charge is 0.331 e. The maximum atomic E-state index is 11.4. The lowest BCUT2D eigenvalue weighted by atomic mass is 9.67. The normalized spacial score (nSPS) is 48.8. The Labute approximate surface area is 108 Å². The van der Waals surface area contributed by atoms with E-state index in [2.05, 4.69) is 20.8 Å². The van der Waals surface area contributed by atoms with E-state index in [1.165, 1.54) is 0 Å². The third-order valence-electron chi connectivity index (χ3n) is 5.96. The number of carboxylic acid groups (broad SMARTS) is 1. The van der Waals surface area contributed by atoms with Crippen molar-refractivity contribution in [3.05, 3.63) is 11.6 Å².